The maximum atomic E-state index is 13.1. The number of benzene rings is 2. The summed E-state index contributed by atoms with van der Waals surface area (Å²) >= 11 is 0. The zero-order valence-corrected chi connectivity index (χ0v) is 16.9. The van der Waals surface area contributed by atoms with E-state index in [2.05, 4.69) is 27.2 Å². The molecular weight excluding hydrogens is 365 g/mol. The van der Waals surface area contributed by atoms with Gasteiger partial charge in [0.1, 0.15) is 5.82 Å². The van der Waals surface area contributed by atoms with E-state index in [1.165, 1.54) is 37.1 Å². The lowest BCUT2D eigenvalue weighted by Crippen LogP contribution is -2.40. The van der Waals surface area contributed by atoms with Crippen molar-refractivity contribution in [1.29, 1.82) is 0 Å². The van der Waals surface area contributed by atoms with Gasteiger partial charge in [0.25, 0.3) is 0 Å². The molecule has 0 radical (unpaired) electrons. The second-order valence-corrected chi connectivity index (χ2v) is 8.28. The minimum Gasteiger partial charge on any atom is -0.372 e. The molecule has 0 spiro atoms. The van der Waals surface area contributed by atoms with Crippen LogP contribution in [0.25, 0.3) is 0 Å². The van der Waals surface area contributed by atoms with Gasteiger partial charge in [0.05, 0.1) is 5.92 Å². The zero-order chi connectivity index (χ0) is 20.1. The number of hydrogen-bond acceptors (Lipinski definition) is 3. The van der Waals surface area contributed by atoms with Crippen molar-refractivity contribution in [2.45, 2.75) is 38.6 Å². The lowest BCUT2D eigenvalue weighted by molar-refractivity contribution is -0.121. The molecule has 2 fully saturated rings. The van der Waals surface area contributed by atoms with Crippen LogP contribution in [-0.4, -0.2) is 37.0 Å². The van der Waals surface area contributed by atoms with Crippen LogP contribution in [0.4, 0.5) is 15.8 Å². The molecule has 0 unspecified atom stereocenters. The van der Waals surface area contributed by atoms with Crippen LogP contribution in [0.1, 0.15) is 37.7 Å². The van der Waals surface area contributed by atoms with Crippen LogP contribution in [0.15, 0.2) is 48.5 Å². The van der Waals surface area contributed by atoms with Gasteiger partial charge in [0.15, 0.2) is 0 Å². The monoisotopic (exact) mass is 395 g/mol. The lowest BCUT2D eigenvalue weighted by atomic mass is 9.96. The minimum atomic E-state index is -0.212. The summed E-state index contributed by atoms with van der Waals surface area (Å²) in [5.41, 5.74) is 3.19. The number of rotatable bonds is 5. The molecule has 0 aliphatic carbocycles. The average Bonchev–Trinajstić information content (AvgIpc) is 2.77. The molecule has 5 heteroatoms. The fourth-order valence-corrected chi connectivity index (χ4v) is 4.41. The molecule has 2 aliphatic rings. The van der Waals surface area contributed by atoms with E-state index in [1.807, 2.05) is 24.3 Å². The fourth-order valence-electron chi connectivity index (χ4n) is 4.41. The number of anilines is 2. The molecule has 4 rings (SSSR count). The third-order valence-corrected chi connectivity index (χ3v) is 6.05. The Morgan fingerprint density at radius 1 is 0.931 bits per heavy atom. The summed E-state index contributed by atoms with van der Waals surface area (Å²) in [5, 5.41) is 3.10. The van der Waals surface area contributed by atoms with Crippen LogP contribution in [0.3, 0.4) is 0 Å². The van der Waals surface area contributed by atoms with Crippen LogP contribution in [0.2, 0.25) is 0 Å². The highest BCUT2D eigenvalue weighted by atomic mass is 19.1. The molecule has 2 saturated heterocycles. The van der Waals surface area contributed by atoms with Gasteiger partial charge in [-0.05, 0) is 80.6 Å². The van der Waals surface area contributed by atoms with Gasteiger partial charge in [0, 0.05) is 37.6 Å². The number of halogens is 1. The zero-order valence-electron chi connectivity index (χ0n) is 16.9. The Kier molecular flexibility index (Phi) is 6.45. The number of nitrogens with one attached hydrogen (secondary N) is 1. The first-order valence-corrected chi connectivity index (χ1v) is 10.8. The van der Waals surface area contributed by atoms with Gasteiger partial charge in [-0.2, -0.15) is 0 Å². The summed E-state index contributed by atoms with van der Waals surface area (Å²) in [6.45, 7) is 4.73. The number of carbonyl (C=O) groups excluding carboxylic acids is 1. The third kappa shape index (κ3) is 5.36. The molecule has 2 heterocycles. The van der Waals surface area contributed by atoms with Crippen molar-refractivity contribution in [1.82, 2.24) is 4.90 Å². The predicted octanol–water partition coefficient (Wildman–Crippen LogP) is 4.67. The molecule has 2 aliphatic heterocycles. The van der Waals surface area contributed by atoms with E-state index in [1.54, 1.807) is 0 Å². The maximum absolute atomic E-state index is 13.1. The van der Waals surface area contributed by atoms with E-state index in [0.717, 1.165) is 56.8 Å². The Labute approximate surface area is 172 Å². The van der Waals surface area contributed by atoms with Crippen molar-refractivity contribution >= 4 is 17.3 Å². The minimum absolute atomic E-state index is 0.00836. The molecule has 2 aromatic carbocycles. The number of carbonyl (C=O) groups is 1. The first-order valence-electron chi connectivity index (χ1n) is 10.8. The molecule has 0 saturated carbocycles. The molecule has 4 nitrogen and oxygen atoms in total. The Morgan fingerprint density at radius 2 is 1.66 bits per heavy atom. The highest BCUT2D eigenvalue weighted by Gasteiger charge is 2.26. The van der Waals surface area contributed by atoms with Gasteiger partial charge in [-0.1, -0.05) is 12.1 Å². The summed E-state index contributed by atoms with van der Waals surface area (Å²) in [4.78, 5) is 17.5. The molecule has 154 valence electrons. The average molecular weight is 396 g/mol. The second kappa shape index (κ2) is 9.40. The Hall–Kier alpha value is -2.40. The van der Waals surface area contributed by atoms with Gasteiger partial charge in [-0.3, -0.25) is 9.69 Å². The normalized spacial score (nSPS) is 20.4. The van der Waals surface area contributed by atoms with E-state index in [-0.39, 0.29) is 17.6 Å². The van der Waals surface area contributed by atoms with Crippen LogP contribution in [-0.2, 0) is 11.3 Å². The summed E-state index contributed by atoms with van der Waals surface area (Å²) in [6.07, 6.45) is 5.76. The van der Waals surface area contributed by atoms with Crippen LogP contribution in [0, 0.1) is 11.7 Å². The first kappa shape index (κ1) is 19.9. The lowest BCUT2D eigenvalue weighted by Gasteiger charge is -2.32. The summed E-state index contributed by atoms with van der Waals surface area (Å²) in [5.74, 6) is -0.124. The molecule has 0 aromatic heterocycles. The highest BCUT2D eigenvalue weighted by Crippen LogP contribution is 2.24. The van der Waals surface area contributed by atoms with Crippen LogP contribution in [0.5, 0.6) is 0 Å². The summed E-state index contributed by atoms with van der Waals surface area (Å²) in [7, 11) is 0. The smallest absolute Gasteiger partial charge is 0.228 e. The molecular formula is C24H30FN3O. The van der Waals surface area contributed by atoms with E-state index in [9.17, 15) is 9.18 Å². The Morgan fingerprint density at radius 3 is 2.38 bits per heavy atom. The molecule has 2 aromatic rings. The highest BCUT2D eigenvalue weighted by molar-refractivity contribution is 5.92. The SMILES string of the molecule is O=C(Nc1ccc(N2CCCCC2)cc1)[C@@H]1CCCN(Cc2ccc(F)cc2)C1. The summed E-state index contributed by atoms with van der Waals surface area (Å²) < 4.78 is 13.1. The Bertz CT molecular complexity index is 800. The number of nitrogens with zero attached hydrogens (tertiary/aromatic N) is 2. The van der Waals surface area contributed by atoms with Crippen LogP contribution >= 0.6 is 0 Å². The standard InChI is InChI=1S/C24H30FN3O/c25-21-8-6-19(7-9-21)17-27-14-4-5-20(18-27)24(29)26-22-10-12-23(13-11-22)28-15-2-1-3-16-28/h6-13,20H,1-5,14-18H2,(H,26,29)/t20-/m1/s1. The van der Waals surface area contributed by atoms with E-state index < -0.39 is 0 Å². The summed E-state index contributed by atoms with van der Waals surface area (Å²) in [6, 6.07) is 14.9. The fraction of sp³-hybridized carbons (Fsp3) is 0.458. The van der Waals surface area contributed by atoms with E-state index in [4.69, 9.17) is 0 Å². The number of piperidine rings is 2. The van der Waals surface area contributed by atoms with E-state index in [0.29, 0.717) is 0 Å². The number of amides is 1. The first-order chi connectivity index (χ1) is 14.2. The molecule has 0 bridgehead atoms. The number of hydrogen-bond donors (Lipinski definition) is 1. The van der Waals surface area contributed by atoms with Gasteiger partial charge >= 0.3 is 0 Å². The van der Waals surface area contributed by atoms with Gasteiger partial charge < -0.3 is 10.2 Å². The second-order valence-electron chi connectivity index (χ2n) is 8.28. The van der Waals surface area contributed by atoms with Crippen molar-refractivity contribution in [3.05, 3.63) is 59.9 Å². The molecule has 1 atom stereocenters. The van der Waals surface area contributed by atoms with Crippen molar-refractivity contribution in [2.24, 2.45) is 5.92 Å². The predicted molar refractivity (Wildman–Crippen MR) is 116 cm³/mol. The van der Waals surface area contributed by atoms with E-state index >= 15 is 0 Å². The van der Waals surface area contributed by atoms with Crippen molar-refractivity contribution in [3.63, 3.8) is 0 Å². The van der Waals surface area contributed by atoms with Crippen molar-refractivity contribution < 1.29 is 9.18 Å². The van der Waals surface area contributed by atoms with Crippen LogP contribution < -0.4 is 10.2 Å². The third-order valence-electron chi connectivity index (χ3n) is 6.05. The topological polar surface area (TPSA) is 35.6 Å². The van der Waals surface area contributed by atoms with Crippen molar-refractivity contribution in [2.75, 3.05) is 36.4 Å². The molecule has 29 heavy (non-hydrogen) atoms. The van der Waals surface area contributed by atoms with Gasteiger partial charge in [-0.25, -0.2) is 4.39 Å². The number of likely N-dealkylation sites (tertiary alicyclic amines) is 1. The molecule has 1 N–H and O–H groups in total. The molecule has 1 amide bonds. The van der Waals surface area contributed by atoms with Gasteiger partial charge in [-0.15, -0.1) is 0 Å². The van der Waals surface area contributed by atoms with Gasteiger partial charge in [0.2, 0.25) is 5.91 Å². The maximum Gasteiger partial charge on any atom is 0.228 e. The largest absolute Gasteiger partial charge is 0.372 e. The Balaban J connectivity index is 1.31. The quantitative estimate of drug-likeness (QED) is 0.799. The van der Waals surface area contributed by atoms with Crippen molar-refractivity contribution in [3.8, 4) is 0 Å².